The van der Waals surface area contributed by atoms with Crippen molar-refractivity contribution in [1.29, 1.82) is 0 Å². The van der Waals surface area contributed by atoms with E-state index in [2.05, 4.69) is 47.7 Å². The van der Waals surface area contributed by atoms with Gasteiger partial charge in [0.05, 0.1) is 0 Å². The van der Waals surface area contributed by atoms with Crippen LogP contribution in [0.1, 0.15) is 29.2 Å². The van der Waals surface area contributed by atoms with Gasteiger partial charge in [0.15, 0.2) is 0 Å². The van der Waals surface area contributed by atoms with Crippen LogP contribution >= 0.6 is 11.8 Å². The minimum atomic E-state index is 0.255. The summed E-state index contributed by atoms with van der Waals surface area (Å²) in [6.45, 7) is 2.15. The van der Waals surface area contributed by atoms with E-state index in [0.717, 1.165) is 18.6 Å². The molecule has 0 fully saturated rings. The Morgan fingerprint density at radius 1 is 1.33 bits per heavy atom. The van der Waals surface area contributed by atoms with E-state index in [1.54, 1.807) is 0 Å². The third kappa shape index (κ3) is 3.12. The smallest absolute Gasteiger partial charge is 0.0482 e. The van der Waals surface area contributed by atoms with Crippen LogP contribution in [0.4, 0.5) is 0 Å². The fourth-order valence-corrected chi connectivity index (χ4v) is 4.17. The second-order valence-corrected chi connectivity index (χ2v) is 6.60. The van der Waals surface area contributed by atoms with E-state index in [0.29, 0.717) is 5.92 Å². The summed E-state index contributed by atoms with van der Waals surface area (Å²) in [4.78, 5) is 5.91. The highest BCUT2D eigenvalue weighted by Crippen LogP contribution is 2.35. The minimum absolute atomic E-state index is 0.255. The zero-order chi connectivity index (χ0) is 14.7. The number of nitrogens with one attached hydrogen (secondary N) is 1. The highest BCUT2D eigenvalue weighted by molar-refractivity contribution is 7.99. The van der Waals surface area contributed by atoms with Crippen molar-refractivity contribution in [2.75, 3.05) is 5.75 Å². The number of hydrazine groups is 1. The fourth-order valence-electron chi connectivity index (χ4n) is 3.01. The van der Waals surface area contributed by atoms with Crippen LogP contribution in [0.5, 0.6) is 0 Å². The van der Waals surface area contributed by atoms with Gasteiger partial charge in [0, 0.05) is 34.5 Å². The van der Waals surface area contributed by atoms with Crippen LogP contribution in [0.25, 0.3) is 0 Å². The molecule has 0 saturated carbocycles. The topological polar surface area (TPSA) is 50.9 Å². The summed E-state index contributed by atoms with van der Waals surface area (Å²) < 4.78 is 0. The monoisotopic (exact) mass is 299 g/mol. The molecule has 3 nitrogen and oxygen atoms in total. The first-order chi connectivity index (χ1) is 10.3. The van der Waals surface area contributed by atoms with Crippen LogP contribution in [0.2, 0.25) is 0 Å². The average molecular weight is 299 g/mol. The molecule has 110 valence electrons. The fraction of sp³-hybridized carbons (Fsp3) is 0.353. The van der Waals surface area contributed by atoms with Gasteiger partial charge in [-0.05, 0) is 43.0 Å². The lowest BCUT2D eigenvalue weighted by Crippen LogP contribution is -2.41. The van der Waals surface area contributed by atoms with Crippen LogP contribution in [-0.2, 0) is 6.42 Å². The van der Waals surface area contributed by atoms with E-state index in [1.807, 2.05) is 24.0 Å². The Balaban J connectivity index is 1.71. The maximum atomic E-state index is 5.82. The lowest BCUT2D eigenvalue weighted by atomic mass is 9.99. The number of hydrogen-bond donors (Lipinski definition) is 2. The second-order valence-electron chi connectivity index (χ2n) is 5.54. The first-order valence-corrected chi connectivity index (χ1v) is 8.36. The maximum absolute atomic E-state index is 5.82. The van der Waals surface area contributed by atoms with Crippen molar-refractivity contribution in [1.82, 2.24) is 10.4 Å². The molecule has 21 heavy (non-hydrogen) atoms. The standard InChI is InChI=1S/C17H21N3S/c1-12-5-2-3-7-16(12)21-11-15(20-18)14-9-8-13-6-4-10-19-17(13)14/h2-7,10,14-15,20H,8-9,11,18H2,1H3. The van der Waals surface area contributed by atoms with E-state index < -0.39 is 0 Å². The van der Waals surface area contributed by atoms with Gasteiger partial charge < -0.3 is 0 Å². The molecule has 3 N–H and O–H groups in total. The number of aryl methyl sites for hydroxylation is 2. The highest BCUT2D eigenvalue weighted by Gasteiger charge is 2.30. The number of rotatable bonds is 5. The van der Waals surface area contributed by atoms with Crippen LogP contribution in [0.3, 0.4) is 0 Å². The molecule has 2 atom stereocenters. The average Bonchev–Trinajstić information content (AvgIpc) is 2.94. The Morgan fingerprint density at radius 3 is 3.00 bits per heavy atom. The number of fused-ring (bicyclic) bond motifs is 1. The van der Waals surface area contributed by atoms with Crippen molar-refractivity contribution >= 4 is 11.8 Å². The van der Waals surface area contributed by atoms with Gasteiger partial charge in [-0.2, -0.15) is 0 Å². The molecule has 0 bridgehead atoms. The molecule has 0 radical (unpaired) electrons. The van der Waals surface area contributed by atoms with Gasteiger partial charge in [0.1, 0.15) is 0 Å². The van der Waals surface area contributed by atoms with E-state index in [9.17, 15) is 0 Å². The zero-order valence-electron chi connectivity index (χ0n) is 12.3. The summed E-state index contributed by atoms with van der Waals surface area (Å²) in [6, 6.07) is 13.0. The molecule has 1 aliphatic rings. The van der Waals surface area contributed by atoms with E-state index in [4.69, 9.17) is 5.84 Å². The normalized spacial score (nSPS) is 18.5. The van der Waals surface area contributed by atoms with Gasteiger partial charge >= 0.3 is 0 Å². The van der Waals surface area contributed by atoms with Crippen LogP contribution in [-0.4, -0.2) is 16.8 Å². The Hall–Kier alpha value is -1.36. The number of pyridine rings is 1. The molecule has 2 aromatic rings. The van der Waals surface area contributed by atoms with E-state index in [1.165, 1.54) is 21.7 Å². The summed E-state index contributed by atoms with van der Waals surface area (Å²) in [7, 11) is 0. The second kappa shape index (κ2) is 6.60. The van der Waals surface area contributed by atoms with Gasteiger partial charge in [0.2, 0.25) is 0 Å². The highest BCUT2D eigenvalue weighted by atomic mass is 32.2. The largest absolute Gasteiger partial charge is 0.271 e. The van der Waals surface area contributed by atoms with Gasteiger partial charge in [0.25, 0.3) is 0 Å². The Kier molecular flexibility index (Phi) is 4.58. The lowest BCUT2D eigenvalue weighted by Gasteiger charge is -2.23. The molecular formula is C17H21N3S. The SMILES string of the molecule is Cc1ccccc1SCC(NN)C1CCc2cccnc21. The molecule has 1 aliphatic carbocycles. The molecule has 2 unspecified atom stereocenters. The first-order valence-electron chi connectivity index (χ1n) is 7.38. The molecule has 1 aromatic heterocycles. The number of nitrogens with zero attached hydrogens (tertiary/aromatic N) is 1. The first kappa shape index (κ1) is 14.6. The maximum Gasteiger partial charge on any atom is 0.0482 e. The lowest BCUT2D eigenvalue weighted by molar-refractivity contribution is 0.468. The van der Waals surface area contributed by atoms with Crippen molar-refractivity contribution in [2.45, 2.75) is 36.6 Å². The summed E-state index contributed by atoms with van der Waals surface area (Å²) in [5.41, 5.74) is 6.94. The molecule has 1 aromatic carbocycles. The summed E-state index contributed by atoms with van der Waals surface area (Å²) >= 11 is 1.87. The predicted molar refractivity (Wildman–Crippen MR) is 88.3 cm³/mol. The molecular weight excluding hydrogens is 278 g/mol. The molecule has 0 aliphatic heterocycles. The van der Waals surface area contributed by atoms with E-state index >= 15 is 0 Å². The van der Waals surface area contributed by atoms with Crippen molar-refractivity contribution in [2.24, 2.45) is 5.84 Å². The number of aromatic nitrogens is 1. The van der Waals surface area contributed by atoms with Gasteiger partial charge in [-0.15, -0.1) is 11.8 Å². The number of hydrogen-bond acceptors (Lipinski definition) is 4. The van der Waals surface area contributed by atoms with Crippen molar-refractivity contribution in [3.8, 4) is 0 Å². The third-order valence-corrected chi connectivity index (χ3v) is 5.51. The zero-order valence-corrected chi connectivity index (χ0v) is 13.1. The molecule has 1 heterocycles. The molecule has 0 spiro atoms. The number of benzene rings is 1. The van der Waals surface area contributed by atoms with Gasteiger partial charge in [-0.1, -0.05) is 24.3 Å². The van der Waals surface area contributed by atoms with Crippen LogP contribution < -0.4 is 11.3 Å². The number of thioether (sulfide) groups is 1. The van der Waals surface area contributed by atoms with E-state index in [-0.39, 0.29) is 6.04 Å². The van der Waals surface area contributed by atoms with Crippen molar-refractivity contribution in [3.05, 3.63) is 59.4 Å². The number of nitrogens with two attached hydrogens (primary N) is 1. The molecule has 4 heteroatoms. The van der Waals surface area contributed by atoms with Gasteiger partial charge in [-0.3, -0.25) is 16.3 Å². The Bertz CT molecular complexity index is 614. The third-order valence-electron chi connectivity index (χ3n) is 4.21. The Morgan fingerprint density at radius 2 is 2.19 bits per heavy atom. The van der Waals surface area contributed by atoms with Gasteiger partial charge in [-0.25, -0.2) is 0 Å². The summed E-state index contributed by atoms with van der Waals surface area (Å²) in [5.74, 6) is 7.20. The molecule has 0 amide bonds. The van der Waals surface area contributed by atoms with Crippen LogP contribution in [0, 0.1) is 6.92 Å². The summed E-state index contributed by atoms with van der Waals surface area (Å²) in [5, 5.41) is 0. The minimum Gasteiger partial charge on any atom is -0.271 e. The van der Waals surface area contributed by atoms with Crippen LogP contribution in [0.15, 0.2) is 47.5 Å². The van der Waals surface area contributed by atoms with Crippen molar-refractivity contribution in [3.63, 3.8) is 0 Å². The van der Waals surface area contributed by atoms with Crippen molar-refractivity contribution < 1.29 is 0 Å². The Labute approximate surface area is 130 Å². The summed E-state index contributed by atoms with van der Waals surface area (Å²) in [6.07, 6.45) is 4.13. The quantitative estimate of drug-likeness (QED) is 0.506. The molecule has 0 saturated heterocycles. The predicted octanol–water partition coefficient (Wildman–Crippen LogP) is 3.04. The molecule has 3 rings (SSSR count).